The second kappa shape index (κ2) is 9.07. The molecule has 0 bridgehead atoms. The zero-order valence-corrected chi connectivity index (χ0v) is 17.2. The molecule has 0 saturated carbocycles. The van der Waals surface area contributed by atoms with E-state index in [0.29, 0.717) is 11.3 Å². The van der Waals surface area contributed by atoms with Crippen LogP contribution in [0.3, 0.4) is 0 Å². The molecule has 1 amide bonds. The second-order valence-corrected chi connectivity index (χ2v) is 8.75. The summed E-state index contributed by atoms with van der Waals surface area (Å²) in [6.45, 7) is 0. The summed E-state index contributed by atoms with van der Waals surface area (Å²) in [5.41, 5.74) is 1.27. The summed E-state index contributed by atoms with van der Waals surface area (Å²) in [6.07, 6.45) is 4.88. The normalized spacial score (nSPS) is 11.7. The molecule has 2 rings (SSSR count). The number of anilines is 1. The van der Waals surface area contributed by atoms with Crippen molar-refractivity contribution in [2.24, 2.45) is 0 Å². The minimum atomic E-state index is -3.67. The number of ether oxygens (including phenoxy) is 1. The van der Waals surface area contributed by atoms with Gasteiger partial charge in [-0.3, -0.25) is 4.79 Å². The number of sulfonamides is 1. The molecular weight excluding hydrogens is 384 g/mol. The van der Waals surface area contributed by atoms with Gasteiger partial charge >= 0.3 is 0 Å². The Morgan fingerprint density at radius 2 is 1.93 bits per heavy atom. The first-order valence-electron chi connectivity index (χ1n) is 8.01. The number of amides is 1. The van der Waals surface area contributed by atoms with Gasteiger partial charge in [0, 0.05) is 30.8 Å². The number of benzene rings is 2. The quantitative estimate of drug-likeness (QED) is 0.564. The van der Waals surface area contributed by atoms with Crippen LogP contribution in [0, 0.1) is 0 Å². The van der Waals surface area contributed by atoms with Gasteiger partial charge in [0.25, 0.3) is 0 Å². The number of hydrogen-bond donors (Lipinski definition) is 1. The highest BCUT2D eigenvalue weighted by atomic mass is 32.2. The van der Waals surface area contributed by atoms with Crippen molar-refractivity contribution >= 4 is 39.5 Å². The molecule has 2 aromatic carbocycles. The molecule has 0 radical (unpaired) electrons. The lowest BCUT2D eigenvalue weighted by Crippen LogP contribution is -2.22. The van der Waals surface area contributed by atoms with Crippen molar-refractivity contribution in [3.63, 3.8) is 0 Å². The van der Waals surface area contributed by atoms with Crippen molar-refractivity contribution in [3.05, 3.63) is 54.1 Å². The molecule has 0 saturated heterocycles. The first kappa shape index (κ1) is 21.0. The number of hydrogen-bond acceptors (Lipinski definition) is 5. The van der Waals surface area contributed by atoms with E-state index >= 15 is 0 Å². The summed E-state index contributed by atoms with van der Waals surface area (Å²) in [7, 11) is 0.651. The highest BCUT2D eigenvalue weighted by molar-refractivity contribution is 7.98. The zero-order valence-electron chi connectivity index (χ0n) is 15.6. The molecule has 144 valence electrons. The summed E-state index contributed by atoms with van der Waals surface area (Å²) >= 11 is 1.59. The molecule has 6 nitrogen and oxygen atoms in total. The van der Waals surface area contributed by atoms with Crippen molar-refractivity contribution < 1.29 is 17.9 Å². The third-order valence-electron chi connectivity index (χ3n) is 3.71. The highest BCUT2D eigenvalue weighted by Crippen LogP contribution is 2.27. The summed E-state index contributed by atoms with van der Waals surface area (Å²) < 4.78 is 31.2. The smallest absolute Gasteiger partial charge is 0.248 e. The van der Waals surface area contributed by atoms with Gasteiger partial charge in [0.15, 0.2) is 0 Å². The van der Waals surface area contributed by atoms with Gasteiger partial charge in [-0.1, -0.05) is 12.1 Å². The van der Waals surface area contributed by atoms with Crippen LogP contribution in [0.1, 0.15) is 5.56 Å². The van der Waals surface area contributed by atoms with Crippen LogP contribution in [0.5, 0.6) is 5.75 Å². The lowest BCUT2D eigenvalue weighted by Gasteiger charge is -2.15. The Morgan fingerprint density at radius 1 is 1.19 bits per heavy atom. The fourth-order valence-corrected chi connectivity index (χ4v) is 3.80. The van der Waals surface area contributed by atoms with Crippen LogP contribution in [0.15, 0.2) is 58.3 Å². The third kappa shape index (κ3) is 5.35. The molecule has 0 fully saturated rings. The van der Waals surface area contributed by atoms with Crippen molar-refractivity contribution in [2.45, 2.75) is 9.79 Å². The molecule has 0 aliphatic carbocycles. The third-order valence-corrected chi connectivity index (χ3v) is 6.27. The van der Waals surface area contributed by atoms with E-state index in [1.165, 1.54) is 33.3 Å². The molecule has 0 aromatic heterocycles. The van der Waals surface area contributed by atoms with Crippen LogP contribution in [-0.4, -0.2) is 46.1 Å². The predicted molar refractivity (Wildman–Crippen MR) is 110 cm³/mol. The summed E-state index contributed by atoms with van der Waals surface area (Å²) in [6, 6.07) is 12.2. The van der Waals surface area contributed by atoms with E-state index in [4.69, 9.17) is 4.74 Å². The minimum absolute atomic E-state index is 0.0465. The van der Waals surface area contributed by atoms with Crippen LogP contribution in [0.4, 0.5) is 5.69 Å². The molecule has 0 unspecified atom stereocenters. The van der Waals surface area contributed by atoms with E-state index in [2.05, 4.69) is 5.32 Å². The van der Waals surface area contributed by atoms with E-state index in [1.807, 2.05) is 24.5 Å². The largest absolute Gasteiger partial charge is 0.495 e. The molecule has 0 atom stereocenters. The van der Waals surface area contributed by atoms with Crippen LogP contribution in [-0.2, 0) is 14.8 Å². The van der Waals surface area contributed by atoms with Crippen molar-refractivity contribution in [2.75, 3.05) is 32.8 Å². The van der Waals surface area contributed by atoms with Gasteiger partial charge in [0.2, 0.25) is 15.9 Å². The average Bonchev–Trinajstić information content (AvgIpc) is 2.66. The Balaban J connectivity index is 2.22. The molecule has 0 aliphatic rings. The van der Waals surface area contributed by atoms with Crippen LogP contribution >= 0.6 is 11.8 Å². The fraction of sp³-hybridized carbons (Fsp3) is 0.211. The predicted octanol–water partition coefficient (Wildman–Crippen LogP) is 3.32. The number of methoxy groups -OCH3 is 1. The van der Waals surface area contributed by atoms with Gasteiger partial charge in [-0.25, -0.2) is 12.7 Å². The number of carbonyl (C=O) groups excluding carboxylic acids is 1. The van der Waals surface area contributed by atoms with E-state index < -0.39 is 10.0 Å². The van der Waals surface area contributed by atoms with Crippen molar-refractivity contribution in [3.8, 4) is 5.75 Å². The van der Waals surface area contributed by atoms with Crippen LogP contribution in [0.25, 0.3) is 6.08 Å². The van der Waals surface area contributed by atoms with E-state index in [9.17, 15) is 13.2 Å². The lowest BCUT2D eigenvalue weighted by atomic mass is 10.2. The number of rotatable bonds is 7. The van der Waals surface area contributed by atoms with Crippen LogP contribution < -0.4 is 10.1 Å². The first-order valence-corrected chi connectivity index (χ1v) is 10.7. The van der Waals surface area contributed by atoms with E-state index in [-0.39, 0.29) is 16.6 Å². The van der Waals surface area contributed by atoms with Crippen molar-refractivity contribution in [1.82, 2.24) is 4.31 Å². The van der Waals surface area contributed by atoms with Gasteiger partial charge < -0.3 is 10.1 Å². The highest BCUT2D eigenvalue weighted by Gasteiger charge is 2.22. The molecule has 1 N–H and O–H groups in total. The molecule has 0 spiro atoms. The maximum atomic E-state index is 12.4. The lowest BCUT2D eigenvalue weighted by molar-refractivity contribution is -0.111. The standard InChI is InChI=1S/C19H22N2O4S2/c1-21(2)27(23,24)18-12-14(8-10-17(18)25-3)9-11-19(22)20-15-6-5-7-16(13-15)26-4/h5-13H,1-4H3,(H,20,22)/b11-9+. The van der Waals surface area contributed by atoms with Gasteiger partial charge in [-0.05, 0) is 48.2 Å². The van der Waals surface area contributed by atoms with Crippen molar-refractivity contribution in [1.29, 1.82) is 0 Å². The van der Waals surface area contributed by atoms with Crippen LogP contribution in [0.2, 0.25) is 0 Å². The Labute approximate surface area is 164 Å². The zero-order chi connectivity index (χ0) is 20.0. The topological polar surface area (TPSA) is 75.7 Å². The maximum absolute atomic E-state index is 12.4. The Kier molecular flexibility index (Phi) is 7.06. The maximum Gasteiger partial charge on any atom is 0.248 e. The number of carbonyl (C=O) groups is 1. The first-order chi connectivity index (χ1) is 12.8. The van der Waals surface area contributed by atoms with Gasteiger partial charge in [0.1, 0.15) is 10.6 Å². The Bertz CT molecular complexity index is 954. The van der Waals surface area contributed by atoms with E-state index in [1.54, 1.807) is 36.0 Å². The average molecular weight is 407 g/mol. The molecule has 8 heteroatoms. The summed E-state index contributed by atoms with van der Waals surface area (Å²) in [5.74, 6) is -0.0553. The van der Waals surface area contributed by atoms with Gasteiger partial charge in [0.05, 0.1) is 7.11 Å². The number of thioether (sulfide) groups is 1. The minimum Gasteiger partial charge on any atom is -0.495 e. The number of nitrogens with one attached hydrogen (secondary N) is 1. The van der Waals surface area contributed by atoms with E-state index in [0.717, 1.165) is 9.20 Å². The fourth-order valence-electron chi connectivity index (χ4n) is 2.25. The molecule has 2 aromatic rings. The number of nitrogens with zero attached hydrogens (tertiary/aromatic N) is 1. The molecule has 0 aliphatic heterocycles. The Hall–Kier alpha value is -2.29. The SMILES string of the molecule is COc1ccc(/C=C/C(=O)Nc2cccc(SC)c2)cc1S(=O)(=O)N(C)C. The Morgan fingerprint density at radius 3 is 2.56 bits per heavy atom. The van der Waals surface area contributed by atoms with Gasteiger partial charge in [-0.15, -0.1) is 11.8 Å². The summed E-state index contributed by atoms with van der Waals surface area (Å²) in [4.78, 5) is 13.2. The molecule has 27 heavy (non-hydrogen) atoms. The molecule has 0 heterocycles. The molecular formula is C19H22N2O4S2. The second-order valence-electron chi connectivity index (χ2n) is 5.75. The van der Waals surface area contributed by atoms with Gasteiger partial charge in [-0.2, -0.15) is 0 Å². The monoisotopic (exact) mass is 406 g/mol. The summed E-state index contributed by atoms with van der Waals surface area (Å²) in [5, 5.41) is 2.78.